The summed E-state index contributed by atoms with van der Waals surface area (Å²) in [5.41, 5.74) is 1.79. The van der Waals surface area contributed by atoms with E-state index in [1.807, 2.05) is 30.3 Å². The third kappa shape index (κ3) is 4.53. The number of nitrogens with one attached hydrogen (secondary N) is 1. The molecule has 0 unspecified atom stereocenters. The van der Waals surface area contributed by atoms with Crippen LogP contribution in [-0.2, 0) is 4.79 Å². The summed E-state index contributed by atoms with van der Waals surface area (Å²) in [6.07, 6.45) is 1.53. The molecule has 0 fully saturated rings. The first-order valence-electron chi connectivity index (χ1n) is 9.51. The number of rotatable bonds is 6. The second kappa shape index (κ2) is 8.66. The van der Waals surface area contributed by atoms with Gasteiger partial charge in [0.05, 0.1) is 18.5 Å². The number of halogens is 1. The highest BCUT2D eigenvalue weighted by Crippen LogP contribution is 2.23. The number of likely N-dealkylation sites (N-methyl/N-ethyl adjacent to an activating group) is 1. The molecular weight excluding hydrogens is 399 g/mol. The monoisotopic (exact) mass is 418 g/mol. The molecule has 4 rings (SSSR count). The van der Waals surface area contributed by atoms with Gasteiger partial charge in [-0.1, -0.05) is 24.3 Å². The van der Waals surface area contributed by atoms with Gasteiger partial charge in [-0.25, -0.2) is 9.07 Å². The Morgan fingerprint density at radius 1 is 1.06 bits per heavy atom. The third-order valence-electron chi connectivity index (χ3n) is 4.54. The number of anilines is 1. The van der Waals surface area contributed by atoms with Crippen molar-refractivity contribution in [3.63, 3.8) is 0 Å². The van der Waals surface area contributed by atoms with Crippen LogP contribution in [0.2, 0.25) is 0 Å². The Bertz CT molecular complexity index is 1200. The van der Waals surface area contributed by atoms with Crippen molar-refractivity contribution >= 4 is 17.5 Å². The van der Waals surface area contributed by atoms with Crippen molar-refractivity contribution in [2.24, 2.45) is 0 Å². The van der Waals surface area contributed by atoms with Gasteiger partial charge in [0, 0.05) is 18.8 Å². The van der Waals surface area contributed by atoms with Crippen molar-refractivity contribution in [1.29, 1.82) is 0 Å². The van der Waals surface area contributed by atoms with Gasteiger partial charge < -0.3 is 14.6 Å². The van der Waals surface area contributed by atoms with Crippen LogP contribution >= 0.6 is 0 Å². The van der Waals surface area contributed by atoms with Gasteiger partial charge >= 0.3 is 0 Å². The highest BCUT2D eigenvalue weighted by molar-refractivity contribution is 5.99. The molecule has 8 heteroatoms. The molecule has 31 heavy (non-hydrogen) atoms. The summed E-state index contributed by atoms with van der Waals surface area (Å²) in [5, 5.41) is 7.10. The molecule has 0 saturated carbocycles. The van der Waals surface area contributed by atoms with E-state index in [4.69, 9.17) is 4.42 Å². The van der Waals surface area contributed by atoms with Gasteiger partial charge in [-0.05, 0) is 42.5 Å². The van der Waals surface area contributed by atoms with Crippen LogP contribution in [0, 0.1) is 5.82 Å². The molecular formula is C23H19FN4O3. The molecule has 0 atom stereocenters. The summed E-state index contributed by atoms with van der Waals surface area (Å²) in [4.78, 5) is 26.8. The molecule has 0 aliphatic heterocycles. The normalized spacial score (nSPS) is 10.6. The maximum atomic E-state index is 13.3. The number of carbonyl (C=O) groups is 2. The van der Waals surface area contributed by atoms with Gasteiger partial charge in [0.15, 0.2) is 5.76 Å². The van der Waals surface area contributed by atoms with Crippen molar-refractivity contribution in [3.05, 3.63) is 90.6 Å². The zero-order valence-electron chi connectivity index (χ0n) is 16.7. The Kier molecular flexibility index (Phi) is 5.61. The van der Waals surface area contributed by atoms with E-state index in [0.29, 0.717) is 22.8 Å². The minimum Gasteiger partial charge on any atom is -0.463 e. The summed E-state index contributed by atoms with van der Waals surface area (Å²) >= 11 is 0. The lowest BCUT2D eigenvalue weighted by Gasteiger charge is -2.17. The number of aromatic nitrogens is 2. The van der Waals surface area contributed by atoms with Gasteiger partial charge in [-0.3, -0.25) is 9.59 Å². The summed E-state index contributed by atoms with van der Waals surface area (Å²) in [5.74, 6) is -0.781. The first-order chi connectivity index (χ1) is 15.0. The topological polar surface area (TPSA) is 80.4 Å². The number of furan rings is 1. The van der Waals surface area contributed by atoms with Crippen LogP contribution in [0.15, 0.2) is 83.5 Å². The summed E-state index contributed by atoms with van der Waals surface area (Å²) < 4.78 is 20.2. The average molecular weight is 418 g/mol. The minimum absolute atomic E-state index is 0.217. The number of para-hydroxylation sites is 1. The number of benzene rings is 2. The van der Waals surface area contributed by atoms with Crippen LogP contribution in [0.4, 0.5) is 10.1 Å². The van der Waals surface area contributed by atoms with E-state index >= 15 is 0 Å². The predicted octanol–water partition coefficient (Wildman–Crippen LogP) is 3.98. The van der Waals surface area contributed by atoms with Crippen molar-refractivity contribution in [3.8, 4) is 17.1 Å². The third-order valence-corrected chi connectivity index (χ3v) is 4.54. The van der Waals surface area contributed by atoms with Crippen LogP contribution in [0.5, 0.6) is 0 Å². The second-order valence-corrected chi connectivity index (χ2v) is 6.86. The quantitative estimate of drug-likeness (QED) is 0.514. The largest absolute Gasteiger partial charge is 0.463 e. The molecule has 0 aliphatic rings. The van der Waals surface area contributed by atoms with Gasteiger partial charge in [-0.2, -0.15) is 5.10 Å². The molecule has 2 aromatic carbocycles. The fourth-order valence-electron chi connectivity index (χ4n) is 3.09. The second-order valence-electron chi connectivity index (χ2n) is 6.86. The van der Waals surface area contributed by atoms with E-state index < -0.39 is 17.6 Å². The molecule has 0 radical (unpaired) electrons. The van der Waals surface area contributed by atoms with Crippen LogP contribution in [0.3, 0.4) is 0 Å². The van der Waals surface area contributed by atoms with Crippen LogP contribution in [-0.4, -0.2) is 40.1 Å². The number of hydrogen-bond donors (Lipinski definition) is 1. The fourth-order valence-corrected chi connectivity index (χ4v) is 3.09. The van der Waals surface area contributed by atoms with Crippen LogP contribution in [0.25, 0.3) is 17.1 Å². The van der Waals surface area contributed by atoms with Crippen molar-refractivity contribution in [2.45, 2.75) is 0 Å². The standard InChI is InChI=1S/C23H19FN4O3/c1-27(15-22(29)25-17-8-5-7-16(24)13-17)23(30)20-14-19(21-11-6-12-31-21)26-28(20)18-9-3-2-4-10-18/h2-14H,15H2,1H3,(H,25,29). The average Bonchev–Trinajstić information content (AvgIpc) is 3.44. The van der Waals surface area contributed by atoms with Gasteiger partial charge in [0.1, 0.15) is 17.2 Å². The molecule has 0 aliphatic carbocycles. The van der Waals surface area contributed by atoms with E-state index in [0.717, 1.165) is 0 Å². The van der Waals surface area contributed by atoms with Crippen LogP contribution < -0.4 is 5.32 Å². The molecule has 0 spiro atoms. The van der Waals surface area contributed by atoms with Gasteiger partial charge in [0.2, 0.25) is 5.91 Å². The minimum atomic E-state index is -0.459. The Balaban J connectivity index is 1.57. The summed E-state index contributed by atoms with van der Waals surface area (Å²) in [6, 6.07) is 19.9. The smallest absolute Gasteiger partial charge is 0.272 e. The Morgan fingerprint density at radius 3 is 2.58 bits per heavy atom. The van der Waals surface area contributed by atoms with Crippen molar-refractivity contribution < 1.29 is 18.4 Å². The van der Waals surface area contributed by atoms with E-state index in [9.17, 15) is 14.0 Å². The molecule has 2 heterocycles. The SMILES string of the molecule is CN(CC(=O)Nc1cccc(F)c1)C(=O)c1cc(-c2ccco2)nn1-c1ccccc1. The fraction of sp³-hybridized carbons (Fsp3) is 0.0870. The van der Waals surface area contributed by atoms with Crippen molar-refractivity contribution in [2.75, 3.05) is 18.9 Å². The Morgan fingerprint density at radius 2 is 1.87 bits per heavy atom. The van der Waals surface area contributed by atoms with Crippen molar-refractivity contribution in [1.82, 2.24) is 14.7 Å². The Hall–Kier alpha value is -4.20. The first-order valence-corrected chi connectivity index (χ1v) is 9.51. The summed E-state index contributed by atoms with van der Waals surface area (Å²) in [7, 11) is 1.52. The van der Waals surface area contributed by atoms with Crippen LogP contribution in [0.1, 0.15) is 10.5 Å². The maximum absolute atomic E-state index is 13.3. The van der Waals surface area contributed by atoms with E-state index in [1.165, 1.54) is 41.1 Å². The molecule has 1 N–H and O–H groups in total. The lowest BCUT2D eigenvalue weighted by atomic mass is 10.2. The Labute approximate surface area is 177 Å². The molecule has 2 aromatic heterocycles. The highest BCUT2D eigenvalue weighted by atomic mass is 19.1. The molecule has 2 amide bonds. The van der Waals surface area contributed by atoms with E-state index in [2.05, 4.69) is 10.4 Å². The van der Waals surface area contributed by atoms with E-state index in [1.54, 1.807) is 24.3 Å². The molecule has 4 aromatic rings. The zero-order valence-corrected chi connectivity index (χ0v) is 16.7. The number of hydrogen-bond acceptors (Lipinski definition) is 4. The number of amides is 2. The van der Waals surface area contributed by atoms with Gasteiger partial charge in [0.25, 0.3) is 5.91 Å². The highest BCUT2D eigenvalue weighted by Gasteiger charge is 2.23. The van der Waals surface area contributed by atoms with E-state index in [-0.39, 0.29) is 12.2 Å². The summed E-state index contributed by atoms with van der Waals surface area (Å²) in [6.45, 7) is -0.217. The lowest BCUT2D eigenvalue weighted by Crippen LogP contribution is -2.35. The zero-order chi connectivity index (χ0) is 21.8. The first kappa shape index (κ1) is 20.1. The predicted molar refractivity (Wildman–Crippen MR) is 113 cm³/mol. The number of carbonyl (C=O) groups excluding carboxylic acids is 2. The molecule has 156 valence electrons. The maximum Gasteiger partial charge on any atom is 0.272 e. The number of nitrogens with zero attached hydrogens (tertiary/aromatic N) is 3. The molecule has 7 nitrogen and oxygen atoms in total. The lowest BCUT2D eigenvalue weighted by molar-refractivity contribution is -0.116. The molecule has 0 saturated heterocycles. The van der Waals surface area contributed by atoms with Gasteiger partial charge in [-0.15, -0.1) is 0 Å². The molecule has 0 bridgehead atoms.